The molecule has 1 aromatic heterocycles. The Balaban J connectivity index is 0.00000225. The van der Waals surface area contributed by atoms with Gasteiger partial charge in [-0.25, -0.2) is 9.98 Å². The van der Waals surface area contributed by atoms with Crippen LogP contribution in [0.25, 0.3) is 0 Å². The lowest BCUT2D eigenvalue weighted by Crippen LogP contribution is -2.40. The summed E-state index contributed by atoms with van der Waals surface area (Å²) in [5, 5.41) is 3.49. The summed E-state index contributed by atoms with van der Waals surface area (Å²) in [4.78, 5) is 13.8. The highest BCUT2D eigenvalue weighted by molar-refractivity contribution is 14.0. The van der Waals surface area contributed by atoms with Crippen LogP contribution in [0.15, 0.2) is 23.3 Å². The van der Waals surface area contributed by atoms with Gasteiger partial charge in [-0.1, -0.05) is 12.8 Å². The van der Waals surface area contributed by atoms with Crippen LogP contribution in [0.4, 0.5) is 5.82 Å². The molecule has 1 saturated heterocycles. The van der Waals surface area contributed by atoms with Crippen molar-refractivity contribution >= 4 is 35.8 Å². The lowest BCUT2D eigenvalue weighted by atomic mass is 9.82. The van der Waals surface area contributed by atoms with Crippen LogP contribution in [0, 0.1) is 11.8 Å². The van der Waals surface area contributed by atoms with Crippen molar-refractivity contribution in [3.05, 3.63) is 23.9 Å². The predicted molar refractivity (Wildman–Crippen MR) is 116 cm³/mol. The summed E-state index contributed by atoms with van der Waals surface area (Å²) in [6.07, 6.45) is 7.49. The number of halogens is 1. The van der Waals surface area contributed by atoms with Crippen LogP contribution in [0.5, 0.6) is 0 Å². The van der Waals surface area contributed by atoms with Crippen LogP contribution in [-0.2, 0) is 6.54 Å². The summed E-state index contributed by atoms with van der Waals surface area (Å²) in [7, 11) is 4.04. The molecule has 2 aliphatic rings. The summed E-state index contributed by atoms with van der Waals surface area (Å²) >= 11 is 0. The summed E-state index contributed by atoms with van der Waals surface area (Å²) in [5.74, 6) is 3.82. The Morgan fingerprint density at radius 1 is 1.28 bits per heavy atom. The van der Waals surface area contributed by atoms with Gasteiger partial charge in [-0.05, 0) is 49.3 Å². The molecule has 3 rings (SSSR count). The molecule has 0 radical (unpaired) electrons. The fraction of sp³-hybridized carbons (Fsp3) is 0.684. The van der Waals surface area contributed by atoms with Gasteiger partial charge in [0, 0.05) is 39.9 Å². The second kappa shape index (κ2) is 9.59. The zero-order valence-electron chi connectivity index (χ0n) is 15.7. The number of nitrogens with zero attached hydrogens (tertiary/aromatic N) is 4. The number of rotatable bonds is 4. The Labute approximate surface area is 169 Å². The number of aliphatic imine (C=N–C) groups is 1. The molecule has 5 nitrogen and oxygen atoms in total. The first-order chi connectivity index (χ1) is 11.7. The third kappa shape index (κ3) is 5.21. The van der Waals surface area contributed by atoms with Gasteiger partial charge in [-0.3, -0.25) is 0 Å². The zero-order valence-corrected chi connectivity index (χ0v) is 18.1. The third-order valence-corrected chi connectivity index (χ3v) is 5.29. The van der Waals surface area contributed by atoms with Crippen molar-refractivity contribution in [3.63, 3.8) is 0 Å². The molecule has 1 aromatic rings. The first-order valence-electron chi connectivity index (χ1n) is 9.33. The summed E-state index contributed by atoms with van der Waals surface area (Å²) in [6, 6.07) is 4.18. The van der Waals surface area contributed by atoms with E-state index < -0.39 is 0 Å². The fourth-order valence-corrected chi connectivity index (χ4v) is 3.97. The van der Waals surface area contributed by atoms with E-state index in [1.807, 2.05) is 25.2 Å². The monoisotopic (exact) mass is 457 g/mol. The highest BCUT2D eigenvalue weighted by Crippen LogP contribution is 2.35. The topological polar surface area (TPSA) is 43.8 Å². The number of anilines is 1. The lowest BCUT2D eigenvalue weighted by molar-refractivity contribution is 0.299. The second-order valence-electron chi connectivity index (χ2n) is 7.30. The maximum Gasteiger partial charge on any atom is 0.194 e. The smallest absolute Gasteiger partial charge is 0.194 e. The number of pyridine rings is 1. The maximum absolute atomic E-state index is 4.91. The van der Waals surface area contributed by atoms with Crippen molar-refractivity contribution in [2.45, 2.75) is 39.2 Å². The molecule has 25 heavy (non-hydrogen) atoms. The third-order valence-electron chi connectivity index (χ3n) is 5.29. The Kier molecular flexibility index (Phi) is 7.78. The van der Waals surface area contributed by atoms with E-state index in [1.54, 1.807) is 0 Å². The number of hydrogen-bond acceptors (Lipinski definition) is 3. The van der Waals surface area contributed by atoms with Gasteiger partial charge in [0.05, 0.1) is 6.54 Å². The van der Waals surface area contributed by atoms with Gasteiger partial charge in [-0.2, -0.15) is 0 Å². The van der Waals surface area contributed by atoms with Crippen LogP contribution in [-0.4, -0.2) is 49.6 Å². The second-order valence-corrected chi connectivity index (χ2v) is 7.30. The molecule has 2 atom stereocenters. The number of fused-ring (bicyclic) bond motifs is 1. The largest absolute Gasteiger partial charge is 0.363 e. The molecule has 6 heteroatoms. The Hall–Kier alpha value is -1.05. The molecular formula is C19H32IN5. The minimum Gasteiger partial charge on any atom is -0.363 e. The molecule has 2 fully saturated rings. The first-order valence-corrected chi connectivity index (χ1v) is 9.33. The van der Waals surface area contributed by atoms with E-state index in [0.717, 1.165) is 30.2 Å². The number of likely N-dealkylation sites (tertiary alicyclic amines) is 1. The molecular weight excluding hydrogens is 425 g/mol. The van der Waals surface area contributed by atoms with Crippen LogP contribution in [0.1, 0.15) is 38.2 Å². The van der Waals surface area contributed by atoms with E-state index in [1.165, 1.54) is 44.3 Å². The normalized spacial score (nSPS) is 23.0. The maximum atomic E-state index is 4.91. The average Bonchev–Trinajstić information content (AvgIpc) is 3.02. The molecule has 0 aromatic carbocycles. The predicted octanol–water partition coefficient (Wildman–Crippen LogP) is 3.35. The van der Waals surface area contributed by atoms with Crippen molar-refractivity contribution in [1.29, 1.82) is 0 Å². The van der Waals surface area contributed by atoms with Gasteiger partial charge in [0.2, 0.25) is 0 Å². The Bertz CT molecular complexity index is 561. The molecule has 0 amide bonds. The van der Waals surface area contributed by atoms with Gasteiger partial charge in [0.25, 0.3) is 0 Å². The minimum atomic E-state index is 0. The van der Waals surface area contributed by atoms with E-state index in [-0.39, 0.29) is 24.0 Å². The van der Waals surface area contributed by atoms with Gasteiger partial charge in [-0.15, -0.1) is 24.0 Å². The lowest BCUT2D eigenvalue weighted by Gasteiger charge is -2.22. The molecule has 2 heterocycles. The molecule has 0 spiro atoms. The number of hydrogen-bond donors (Lipinski definition) is 1. The average molecular weight is 457 g/mol. The molecule has 2 unspecified atom stereocenters. The first kappa shape index (κ1) is 20.3. The van der Waals surface area contributed by atoms with Crippen LogP contribution in [0.3, 0.4) is 0 Å². The summed E-state index contributed by atoms with van der Waals surface area (Å²) in [5.41, 5.74) is 1.21. The SMILES string of the molecule is CCNC(=NCc1ccnc(N(C)C)c1)N1CC2CCCCC2C1.I. The van der Waals surface area contributed by atoms with E-state index >= 15 is 0 Å². The van der Waals surface area contributed by atoms with E-state index in [0.29, 0.717) is 6.54 Å². The van der Waals surface area contributed by atoms with E-state index in [9.17, 15) is 0 Å². The van der Waals surface area contributed by atoms with Crippen molar-refractivity contribution in [3.8, 4) is 0 Å². The van der Waals surface area contributed by atoms with Gasteiger partial charge >= 0.3 is 0 Å². The summed E-state index contributed by atoms with van der Waals surface area (Å²) in [6.45, 7) is 6.13. The molecule has 1 N–H and O–H groups in total. The van der Waals surface area contributed by atoms with Gasteiger partial charge in [0.1, 0.15) is 5.82 Å². The van der Waals surface area contributed by atoms with Crippen molar-refractivity contribution < 1.29 is 0 Å². The standard InChI is InChI=1S/C19H31N5.HI/c1-4-20-19(24-13-16-7-5-6-8-17(16)14-24)22-12-15-9-10-21-18(11-15)23(2)3;/h9-11,16-17H,4-8,12-14H2,1-3H3,(H,20,22);1H. The highest BCUT2D eigenvalue weighted by Gasteiger charge is 2.35. The van der Waals surface area contributed by atoms with Crippen LogP contribution >= 0.6 is 24.0 Å². The van der Waals surface area contributed by atoms with Gasteiger partial charge < -0.3 is 15.1 Å². The van der Waals surface area contributed by atoms with E-state index in [2.05, 4.69) is 34.3 Å². The quantitative estimate of drug-likeness (QED) is 0.428. The minimum absolute atomic E-state index is 0. The molecule has 1 saturated carbocycles. The number of aromatic nitrogens is 1. The number of guanidine groups is 1. The fourth-order valence-electron chi connectivity index (χ4n) is 3.97. The zero-order chi connectivity index (χ0) is 16.9. The van der Waals surface area contributed by atoms with Crippen LogP contribution in [0.2, 0.25) is 0 Å². The Morgan fingerprint density at radius 2 is 1.96 bits per heavy atom. The molecule has 1 aliphatic carbocycles. The van der Waals surface area contributed by atoms with Crippen molar-refractivity contribution in [2.24, 2.45) is 16.8 Å². The Morgan fingerprint density at radius 3 is 2.56 bits per heavy atom. The molecule has 1 aliphatic heterocycles. The molecule has 140 valence electrons. The molecule has 0 bridgehead atoms. The van der Waals surface area contributed by atoms with Gasteiger partial charge in [0.15, 0.2) is 5.96 Å². The number of nitrogens with one attached hydrogen (secondary N) is 1. The van der Waals surface area contributed by atoms with Crippen molar-refractivity contribution in [2.75, 3.05) is 38.6 Å². The van der Waals surface area contributed by atoms with Crippen molar-refractivity contribution in [1.82, 2.24) is 15.2 Å². The summed E-state index contributed by atoms with van der Waals surface area (Å²) < 4.78 is 0. The highest BCUT2D eigenvalue weighted by atomic mass is 127. The van der Waals surface area contributed by atoms with E-state index in [4.69, 9.17) is 4.99 Å². The van der Waals surface area contributed by atoms with Crippen LogP contribution < -0.4 is 10.2 Å².